The third-order valence-corrected chi connectivity index (χ3v) is 3.46. The van der Waals surface area contributed by atoms with Crippen molar-refractivity contribution in [3.63, 3.8) is 0 Å². The van der Waals surface area contributed by atoms with Gasteiger partial charge in [-0.2, -0.15) is 5.10 Å². The maximum absolute atomic E-state index is 6.31. The molecule has 2 aromatic heterocycles. The molecule has 3 aromatic rings. The molecule has 1 unspecified atom stereocenters. The van der Waals surface area contributed by atoms with E-state index in [1.54, 1.807) is 6.20 Å². The van der Waals surface area contributed by atoms with Crippen LogP contribution < -0.4 is 5.73 Å². The van der Waals surface area contributed by atoms with Crippen molar-refractivity contribution >= 4 is 10.9 Å². The van der Waals surface area contributed by atoms with Crippen LogP contribution in [0, 0.1) is 0 Å². The zero-order chi connectivity index (χ0) is 13.4. The first-order valence-electron chi connectivity index (χ1n) is 6.30. The fraction of sp³-hybridized carbons (Fsp3) is 0.286. The number of fused-ring (bicyclic) bond motifs is 1. The Bertz CT molecular complexity index is 710. The lowest BCUT2D eigenvalue weighted by Crippen LogP contribution is -2.16. The Morgan fingerprint density at radius 2 is 2.05 bits per heavy atom. The number of rotatable bonds is 3. The van der Waals surface area contributed by atoms with Gasteiger partial charge < -0.3 is 10.3 Å². The highest BCUT2D eigenvalue weighted by molar-refractivity contribution is 5.82. The summed E-state index contributed by atoms with van der Waals surface area (Å²) in [5, 5.41) is 5.67. The van der Waals surface area contributed by atoms with Crippen molar-refractivity contribution in [3.8, 4) is 0 Å². The molecule has 1 atom stereocenters. The molecule has 3 rings (SSSR count). The van der Waals surface area contributed by atoms with Gasteiger partial charge in [0.2, 0.25) is 0 Å². The van der Waals surface area contributed by atoms with Crippen LogP contribution in [0.15, 0.2) is 36.7 Å². The van der Waals surface area contributed by atoms with Crippen LogP contribution in [0.5, 0.6) is 0 Å². The molecule has 1 aromatic carbocycles. The standard InChI is InChI=1S/C14H17N5/c1-18-8-7-16-13(18)9-11(15)14-10-5-3-4-6-12(10)19(2)17-14/h3-8,11H,9,15H2,1-2H3. The molecule has 19 heavy (non-hydrogen) atoms. The molecule has 5 nitrogen and oxygen atoms in total. The molecule has 0 aliphatic rings. The van der Waals surface area contributed by atoms with Crippen molar-refractivity contribution in [1.29, 1.82) is 0 Å². The Hall–Kier alpha value is -2.14. The minimum Gasteiger partial charge on any atom is -0.338 e. The van der Waals surface area contributed by atoms with Crippen molar-refractivity contribution < 1.29 is 0 Å². The van der Waals surface area contributed by atoms with Gasteiger partial charge in [-0.3, -0.25) is 4.68 Å². The van der Waals surface area contributed by atoms with Crippen LogP contribution in [0.25, 0.3) is 10.9 Å². The first-order valence-corrected chi connectivity index (χ1v) is 6.30. The van der Waals surface area contributed by atoms with E-state index < -0.39 is 0 Å². The van der Waals surface area contributed by atoms with Crippen LogP contribution >= 0.6 is 0 Å². The molecule has 0 aliphatic carbocycles. The topological polar surface area (TPSA) is 61.7 Å². The van der Waals surface area contributed by atoms with Crippen LogP contribution in [-0.4, -0.2) is 19.3 Å². The van der Waals surface area contributed by atoms with E-state index >= 15 is 0 Å². The minimum atomic E-state index is -0.146. The van der Waals surface area contributed by atoms with Gasteiger partial charge in [-0.25, -0.2) is 4.98 Å². The summed E-state index contributed by atoms with van der Waals surface area (Å²) in [5.41, 5.74) is 8.34. The molecular weight excluding hydrogens is 238 g/mol. The Balaban J connectivity index is 1.98. The monoisotopic (exact) mass is 255 g/mol. The van der Waals surface area contributed by atoms with Crippen LogP contribution in [0.1, 0.15) is 17.6 Å². The summed E-state index contributed by atoms with van der Waals surface area (Å²) in [6, 6.07) is 8.00. The maximum Gasteiger partial charge on any atom is 0.110 e. The highest BCUT2D eigenvalue weighted by Crippen LogP contribution is 2.23. The Morgan fingerprint density at radius 1 is 1.26 bits per heavy atom. The minimum absolute atomic E-state index is 0.146. The molecule has 0 radical (unpaired) electrons. The number of imidazole rings is 1. The van der Waals surface area contributed by atoms with E-state index in [4.69, 9.17) is 5.73 Å². The summed E-state index contributed by atoms with van der Waals surface area (Å²) in [5.74, 6) is 0.974. The molecule has 2 N–H and O–H groups in total. The van der Waals surface area contributed by atoms with Gasteiger partial charge in [-0.1, -0.05) is 18.2 Å². The summed E-state index contributed by atoms with van der Waals surface area (Å²) < 4.78 is 3.87. The van der Waals surface area contributed by atoms with E-state index in [2.05, 4.69) is 22.2 Å². The summed E-state index contributed by atoms with van der Waals surface area (Å²) in [6.45, 7) is 0. The number of aryl methyl sites for hydroxylation is 2. The Labute approximate surface area is 111 Å². The van der Waals surface area contributed by atoms with Gasteiger partial charge in [0.15, 0.2) is 0 Å². The highest BCUT2D eigenvalue weighted by atomic mass is 15.3. The van der Waals surface area contributed by atoms with Gasteiger partial charge in [0.05, 0.1) is 17.3 Å². The fourth-order valence-electron chi connectivity index (χ4n) is 2.40. The molecule has 0 spiro atoms. The van der Waals surface area contributed by atoms with E-state index in [1.165, 1.54) is 0 Å². The molecule has 98 valence electrons. The van der Waals surface area contributed by atoms with Gasteiger partial charge >= 0.3 is 0 Å². The number of hydrogen-bond acceptors (Lipinski definition) is 3. The summed E-state index contributed by atoms with van der Waals surface area (Å²) >= 11 is 0. The van der Waals surface area contributed by atoms with Gasteiger partial charge in [-0.05, 0) is 6.07 Å². The summed E-state index contributed by atoms with van der Waals surface area (Å²) in [7, 11) is 3.92. The van der Waals surface area contributed by atoms with Gasteiger partial charge in [0, 0.05) is 38.3 Å². The summed E-state index contributed by atoms with van der Waals surface area (Å²) in [6.07, 6.45) is 4.40. The molecule has 0 saturated carbocycles. The van der Waals surface area contributed by atoms with Crippen LogP contribution in [0.3, 0.4) is 0 Å². The molecule has 5 heteroatoms. The van der Waals surface area contributed by atoms with Crippen molar-refractivity contribution in [3.05, 3.63) is 48.2 Å². The number of hydrogen-bond donors (Lipinski definition) is 1. The zero-order valence-corrected chi connectivity index (χ0v) is 11.1. The molecule has 0 amide bonds. The van der Waals surface area contributed by atoms with Crippen molar-refractivity contribution in [1.82, 2.24) is 19.3 Å². The average molecular weight is 255 g/mol. The van der Waals surface area contributed by atoms with E-state index in [0.29, 0.717) is 6.42 Å². The number of para-hydroxylation sites is 1. The average Bonchev–Trinajstić information content (AvgIpc) is 2.95. The van der Waals surface area contributed by atoms with Gasteiger partial charge in [0.25, 0.3) is 0 Å². The van der Waals surface area contributed by atoms with E-state index in [1.807, 2.05) is 41.7 Å². The largest absolute Gasteiger partial charge is 0.338 e. The lowest BCUT2D eigenvalue weighted by molar-refractivity contribution is 0.628. The predicted octanol–water partition coefficient (Wildman–Crippen LogP) is 1.55. The predicted molar refractivity (Wildman–Crippen MR) is 74.6 cm³/mol. The maximum atomic E-state index is 6.31. The second-order valence-corrected chi connectivity index (χ2v) is 4.79. The molecule has 0 saturated heterocycles. The third-order valence-electron chi connectivity index (χ3n) is 3.46. The number of nitrogens with two attached hydrogens (primary N) is 1. The third kappa shape index (κ3) is 2.02. The van der Waals surface area contributed by atoms with Crippen LogP contribution in [0.4, 0.5) is 0 Å². The van der Waals surface area contributed by atoms with Crippen molar-refractivity contribution in [2.75, 3.05) is 0 Å². The Morgan fingerprint density at radius 3 is 2.79 bits per heavy atom. The van der Waals surface area contributed by atoms with Crippen molar-refractivity contribution in [2.45, 2.75) is 12.5 Å². The van der Waals surface area contributed by atoms with Crippen molar-refractivity contribution in [2.24, 2.45) is 19.8 Å². The molecule has 2 heterocycles. The Kier molecular flexibility index (Phi) is 2.83. The van der Waals surface area contributed by atoms with E-state index in [-0.39, 0.29) is 6.04 Å². The molecule has 0 aliphatic heterocycles. The fourth-order valence-corrected chi connectivity index (χ4v) is 2.40. The molecule has 0 fully saturated rings. The lowest BCUT2D eigenvalue weighted by atomic mass is 10.1. The van der Waals surface area contributed by atoms with E-state index in [0.717, 1.165) is 22.4 Å². The number of nitrogens with zero attached hydrogens (tertiary/aromatic N) is 4. The second kappa shape index (κ2) is 4.51. The summed E-state index contributed by atoms with van der Waals surface area (Å²) in [4.78, 5) is 4.32. The number of aromatic nitrogens is 4. The molecule has 0 bridgehead atoms. The van der Waals surface area contributed by atoms with Crippen LogP contribution in [0.2, 0.25) is 0 Å². The van der Waals surface area contributed by atoms with Gasteiger partial charge in [-0.15, -0.1) is 0 Å². The van der Waals surface area contributed by atoms with Crippen LogP contribution in [-0.2, 0) is 20.5 Å². The smallest absolute Gasteiger partial charge is 0.110 e. The van der Waals surface area contributed by atoms with E-state index in [9.17, 15) is 0 Å². The zero-order valence-electron chi connectivity index (χ0n) is 11.1. The van der Waals surface area contributed by atoms with Gasteiger partial charge in [0.1, 0.15) is 5.82 Å². The highest BCUT2D eigenvalue weighted by Gasteiger charge is 2.17. The molecular formula is C14H17N5. The SMILES string of the molecule is Cn1ccnc1CC(N)c1nn(C)c2ccccc12. The normalized spacial score (nSPS) is 13.0. The second-order valence-electron chi connectivity index (χ2n) is 4.79. The first-order chi connectivity index (χ1) is 9.16. The quantitative estimate of drug-likeness (QED) is 0.772. The lowest BCUT2D eigenvalue weighted by Gasteiger charge is -2.09. The number of benzene rings is 1. The first kappa shape index (κ1) is 11.9.